The normalized spacial score (nSPS) is 15.7. The second-order valence-electron chi connectivity index (χ2n) is 6.21. The van der Waals surface area contributed by atoms with Crippen LogP contribution in [-0.2, 0) is 4.79 Å². The Labute approximate surface area is 140 Å². The number of hydrogen-bond donors (Lipinski definition) is 4. The van der Waals surface area contributed by atoms with Gasteiger partial charge in [0, 0.05) is 6.42 Å². The maximum absolute atomic E-state index is 10.4. The lowest BCUT2D eigenvalue weighted by Crippen LogP contribution is -2.24. The Hall–Kier alpha value is -0.910. The van der Waals surface area contributed by atoms with Gasteiger partial charge in [0.25, 0.3) is 0 Å². The van der Waals surface area contributed by atoms with E-state index < -0.39 is 24.3 Å². The number of hydrogen-bond acceptors (Lipinski definition) is 4. The van der Waals surface area contributed by atoms with Crippen LogP contribution in [0.2, 0.25) is 0 Å². The van der Waals surface area contributed by atoms with E-state index in [0.717, 1.165) is 12.8 Å². The summed E-state index contributed by atoms with van der Waals surface area (Å²) in [5, 5.41) is 37.9. The van der Waals surface area contributed by atoms with Crippen LogP contribution in [0.1, 0.15) is 77.6 Å². The molecule has 0 rings (SSSR count). The molecule has 0 spiro atoms. The van der Waals surface area contributed by atoms with Gasteiger partial charge in [0.15, 0.2) is 0 Å². The second kappa shape index (κ2) is 14.7. The van der Waals surface area contributed by atoms with Crippen molar-refractivity contribution in [3.8, 4) is 0 Å². The molecular weight excluding hydrogens is 296 g/mol. The third-order valence-electron chi connectivity index (χ3n) is 3.92. The predicted molar refractivity (Wildman–Crippen MR) is 91.3 cm³/mol. The number of carboxylic acid groups (broad SMARTS) is 1. The molecule has 0 heterocycles. The Kier molecular flexibility index (Phi) is 14.1. The highest BCUT2D eigenvalue weighted by Crippen LogP contribution is 2.12. The van der Waals surface area contributed by atoms with Crippen LogP contribution in [-0.4, -0.2) is 44.7 Å². The zero-order valence-corrected chi connectivity index (χ0v) is 14.4. The van der Waals surface area contributed by atoms with Gasteiger partial charge in [0.05, 0.1) is 18.3 Å². The van der Waals surface area contributed by atoms with Gasteiger partial charge in [-0.3, -0.25) is 4.79 Å². The first-order chi connectivity index (χ1) is 11.0. The molecule has 0 aromatic heterocycles. The van der Waals surface area contributed by atoms with Crippen LogP contribution < -0.4 is 0 Å². The van der Waals surface area contributed by atoms with E-state index >= 15 is 0 Å². The minimum Gasteiger partial charge on any atom is -0.481 e. The summed E-state index contributed by atoms with van der Waals surface area (Å²) in [5.41, 5.74) is 0. The first-order valence-electron chi connectivity index (χ1n) is 8.91. The largest absolute Gasteiger partial charge is 0.481 e. The van der Waals surface area contributed by atoms with Gasteiger partial charge >= 0.3 is 5.97 Å². The van der Waals surface area contributed by atoms with Crippen molar-refractivity contribution in [2.24, 2.45) is 0 Å². The third kappa shape index (κ3) is 14.4. The molecule has 0 aromatic rings. The summed E-state index contributed by atoms with van der Waals surface area (Å²) >= 11 is 0. The molecule has 0 fully saturated rings. The molecule has 0 unspecified atom stereocenters. The van der Waals surface area contributed by atoms with Crippen LogP contribution >= 0.6 is 0 Å². The van der Waals surface area contributed by atoms with Crippen LogP contribution in [0, 0.1) is 0 Å². The van der Waals surface area contributed by atoms with Crippen molar-refractivity contribution in [2.45, 2.75) is 95.9 Å². The molecule has 0 bridgehead atoms. The van der Waals surface area contributed by atoms with Crippen LogP contribution in [0.4, 0.5) is 0 Å². The van der Waals surface area contributed by atoms with Crippen LogP contribution in [0.15, 0.2) is 12.2 Å². The summed E-state index contributed by atoms with van der Waals surface area (Å²) < 4.78 is 0. The fraction of sp³-hybridized carbons (Fsp3) is 0.833. The average Bonchev–Trinajstić information content (AvgIpc) is 2.52. The summed E-state index contributed by atoms with van der Waals surface area (Å²) in [6.07, 6.45) is 9.56. The number of aliphatic carboxylic acids is 1. The van der Waals surface area contributed by atoms with Crippen molar-refractivity contribution in [3.05, 3.63) is 12.2 Å². The number of carbonyl (C=O) groups is 1. The second-order valence-corrected chi connectivity index (χ2v) is 6.21. The van der Waals surface area contributed by atoms with E-state index in [-0.39, 0.29) is 6.42 Å². The highest BCUT2D eigenvalue weighted by molar-refractivity contribution is 5.66. The fourth-order valence-electron chi connectivity index (χ4n) is 2.40. The number of rotatable bonds is 15. The number of aliphatic hydroxyl groups is 3. The minimum absolute atomic E-state index is 0.107. The van der Waals surface area contributed by atoms with E-state index in [4.69, 9.17) is 5.11 Å². The lowest BCUT2D eigenvalue weighted by molar-refractivity contribution is -0.137. The molecule has 0 radical (unpaired) electrons. The molecule has 0 aliphatic heterocycles. The molecule has 136 valence electrons. The number of carboxylic acids is 1. The molecule has 5 heteroatoms. The highest BCUT2D eigenvalue weighted by Gasteiger charge is 2.13. The monoisotopic (exact) mass is 330 g/mol. The summed E-state index contributed by atoms with van der Waals surface area (Å²) in [7, 11) is 0. The van der Waals surface area contributed by atoms with Crippen molar-refractivity contribution < 1.29 is 25.2 Å². The lowest BCUT2D eigenvalue weighted by atomic mass is 10.0. The van der Waals surface area contributed by atoms with E-state index in [1.165, 1.54) is 37.8 Å². The average molecular weight is 330 g/mol. The fourth-order valence-corrected chi connectivity index (χ4v) is 2.40. The van der Waals surface area contributed by atoms with E-state index in [0.29, 0.717) is 25.7 Å². The molecule has 0 saturated heterocycles. The van der Waals surface area contributed by atoms with Gasteiger partial charge in [-0.15, -0.1) is 0 Å². The quantitative estimate of drug-likeness (QED) is 0.273. The minimum atomic E-state index is -0.959. The molecule has 0 aliphatic rings. The van der Waals surface area contributed by atoms with E-state index in [1.807, 2.05) is 0 Å². The van der Waals surface area contributed by atoms with Gasteiger partial charge in [0.2, 0.25) is 0 Å². The van der Waals surface area contributed by atoms with E-state index in [1.54, 1.807) is 0 Å². The molecule has 0 saturated carbocycles. The molecule has 5 nitrogen and oxygen atoms in total. The van der Waals surface area contributed by atoms with Gasteiger partial charge in [-0.05, 0) is 25.7 Å². The molecule has 3 atom stereocenters. The SMILES string of the molecule is CCCCCCCC[C@H](O)[C@H](O)/C=C\[C@H](O)CCCCC(=O)O. The van der Waals surface area contributed by atoms with Crippen molar-refractivity contribution in [1.82, 2.24) is 0 Å². The Morgan fingerprint density at radius 3 is 2.13 bits per heavy atom. The molecule has 23 heavy (non-hydrogen) atoms. The topological polar surface area (TPSA) is 98.0 Å². The first-order valence-corrected chi connectivity index (χ1v) is 8.91. The first kappa shape index (κ1) is 22.1. The Bertz CT molecular complexity index is 317. The summed E-state index contributed by atoms with van der Waals surface area (Å²) in [4.78, 5) is 10.4. The third-order valence-corrected chi connectivity index (χ3v) is 3.92. The zero-order valence-electron chi connectivity index (χ0n) is 14.4. The van der Waals surface area contributed by atoms with E-state index in [2.05, 4.69) is 6.92 Å². The lowest BCUT2D eigenvalue weighted by Gasteiger charge is -2.15. The molecule has 0 aromatic carbocycles. The van der Waals surface area contributed by atoms with Crippen molar-refractivity contribution >= 4 is 5.97 Å². The van der Waals surface area contributed by atoms with Gasteiger partial charge in [-0.25, -0.2) is 0 Å². The molecule has 0 aliphatic carbocycles. The standard InChI is InChI=1S/C18H34O5/c1-2-3-4-5-6-7-11-16(20)17(21)14-13-15(19)10-8-9-12-18(22)23/h13-17,19-21H,2-12H2,1H3,(H,22,23)/b14-13-/t15-,16+,17-/m1/s1. The molecular formula is C18H34O5. The maximum atomic E-state index is 10.4. The van der Waals surface area contributed by atoms with Gasteiger partial charge in [0.1, 0.15) is 0 Å². The molecule has 0 amide bonds. The van der Waals surface area contributed by atoms with Gasteiger partial charge in [-0.1, -0.05) is 57.6 Å². The summed E-state index contributed by atoms with van der Waals surface area (Å²) in [5.74, 6) is -0.830. The molecule has 4 N–H and O–H groups in total. The summed E-state index contributed by atoms with van der Waals surface area (Å²) in [6, 6.07) is 0. The van der Waals surface area contributed by atoms with Gasteiger partial charge < -0.3 is 20.4 Å². The Balaban J connectivity index is 3.74. The highest BCUT2D eigenvalue weighted by atomic mass is 16.4. The zero-order chi connectivity index (χ0) is 17.5. The van der Waals surface area contributed by atoms with Crippen LogP contribution in [0.25, 0.3) is 0 Å². The number of aliphatic hydroxyl groups excluding tert-OH is 3. The number of unbranched alkanes of at least 4 members (excludes halogenated alkanes) is 6. The Morgan fingerprint density at radius 1 is 0.870 bits per heavy atom. The van der Waals surface area contributed by atoms with E-state index in [9.17, 15) is 20.1 Å². The van der Waals surface area contributed by atoms with Crippen molar-refractivity contribution in [3.63, 3.8) is 0 Å². The predicted octanol–water partition coefficient (Wildman–Crippen LogP) is 3.02. The van der Waals surface area contributed by atoms with Gasteiger partial charge in [-0.2, -0.15) is 0 Å². The smallest absolute Gasteiger partial charge is 0.303 e. The summed E-state index contributed by atoms with van der Waals surface area (Å²) in [6.45, 7) is 2.17. The van der Waals surface area contributed by atoms with Crippen LogP contribution in [0.5, 0.6) is 0 Å². The Morgan fingerprint density at radius 2 is 1.48 bits per heavy atom. The van der Waals surface area contributed by atoms with Crippen molar-refractivity contribution in [1.29, 1.82) is 0 Å². The maximum Gasteiger partial charge on any atom is 0.303 e. The van der Waals surface area contributed by atoms with Crippen LogP contribution in [0.3, 0.4) is 0 Å². The van der Waals surface area contributed by atoms with Crippen molar-refractivity contribution in [2.75, 3.05) is 0 Å².